The highest BCUT2D eigenvalue weighted by atomic mass is 16.5. The summed E-state index contributed by atoms with van der Waals surface area (Å²) in [4.78, 5) is 14.5. The van der Waals surface area contributed by atoms with Gasteiger partial charge in [0.15, 0.2) is 0 Å². The molecule has 0 amide bonds. The molecule has 0 atom stereocenters. The molecule has 0 aliphatic carbocycles. The molecule has 2 aliphatic rings. The van der Waals surface area contributed by atoms with Gasteiger partial charge in [-0.25, -0.2) is 0 Å². The van der Waals surface area contributed by atoms with E-state index in [0.717, 1.165) is 82.1 Å². The topological polar surface area (TPSA) is 68.3 Å². The minimum Gasteiger partial charge on any atom is -0.458 e. The number of pyridine rings is 2. The first-order valence-electron chi connectivity index (χ1n) is 26.1. The molecule has 0 saturated carbocycles. The van der Waals surface area contributed by atoms with Crippen molar-refractivity contribution in [1.29, 1.82) is 0 Å². The quantitative estimate of drug-likeness (QED) is 0.0950. The van der Waals surface area contributed by atoms with E-state index in [9.17, 15) is 0 Å². The monoisotopic (exact) mass is 974 g/mol. The molecule has 74 heavy (non-hydrogen) atoms. The number of benzene rings is 6. The van der Waals surface area contributed by atoms with Gasteiger partial charge in [0.25, 0.3) is 12.7 Å². The minimum absolute atomic E-state index is 0.158. The first-order valence-corrected chi connectivity index (χ1v) is 26.1. The second-order valence-corrected chi connectivity index (χ2v) is 21.8. The van der Waals surface area contributed by atoms with E-state index >= 15 is 0 Å². The Morgan fingerprint density at radius 1 is 0.419 bits per heavy atom. The molecule has 6 heterocycles. The van der Waals surface area contributed by atoms with Gasteiger partial charge in [-0.1, -0.05) is 90.1 Å². The Balaban J connectivity index is 0.834. The van der Waals surface area contributed by atoms with E-state index in [-0.39, 0.29) is 10.8 Å². The average Bonchev–Trinajstić information content (AvgIpc) is 4.27. The van der Waals surface area contributed by atoms with E-state index in [1.165, 1.54) is 37.1 Å². The number of nitrogens with zero attached hydrogens (tertiary/aromatic N) is 8. The van der Waals surface area contributed by atoms with Crippen molar-refractivity contribution < 1.29 is 18.6 Å². The highest BCUT2D eigenvalue weighted by Crippen LogP contribution is 2.36. The first-order chi connectivity index (χ1) is 35.9. The van der Waals surface area contributed by atoms with Crippen LogP contribution in [0.5, 0.6) is 23.0 Å². The molecule has 2 aliphatic heterocycles. The van der Waals surface area contributed by atoms with Crippen molar-refractivity contribution in [3.63, 3.8) is 0 Å². The summed E-state index contributed by atoms with van der Waals surface area (Å²) < 4.78 is 22.1. The maximum atomic E-state index is 6.77. The number of hydrogen-bond donors (Lipinski definition) is 0. The summed E-state index contributed by atoms with van der Waals surface area (Å²) >= 11 is 0. The van der Waals surface area contributed by atoms with Crippen LogP contribution in [-0.4, -0.2) is 45.3 Å². The third-order valence-corrected chi connectivity index (χ3v) is 14.5. The summed E-state index contributed by atoms with van der Waals surface area (Å²) in [5.74, 6) is 2.72. The molecule has 0 bridgehead atoms. The van der Waals surface area contributed by atoms with Crippen LogP contribution in [0.2, 0.25) is 0 Å². The predicted octanol–water partition coefficient (Wildman–Crippen LogP) is 13.6. The molecule has 12 rings (SSSR count). The van der Waals surface area contributed by atoms with Crippen molar-refractivity contribution in [2.24, 2.45) is 0 Å². The Hall–Kier alpha value is -8.24. The summed E-state index contributed by atoms with van der Waals surface area (Å²) in [5, 5.41) is 0. The van der Waals surface area contributed by atoms with E-state index in [2.05, 4.69) is 216 Å². The second kappa shape index (κ2) is 19.0. The van der Waals surface area contributed by atoms with E-state index in [0.29, 0.717) is 34.4 Å². The van der Waals surface area contributed by atoms with Gasteiger partial charge in [0, 0.05) is 62.1 Å². The van der Waals surface area contributed by atoms with Crippen molar-refractivity contribution in [2.45, 2.75) is 78.1 Å². The summed E-state index contributed by atoms with van der Waals surface area (Å²) in [6.07, 6.45) is 15.9. The number of fused-ring (bicyclic) bond motifs is 2. The van der Waals surface area contributed by atoms with E-state index in [4.69, 9.17) is 19.4 Å². The Morgan fingerprint density at radius 3 is 1.19 bits per heavy atom. The summed E-state index contributed by atoms with van der Waals surface area (Å²) in [7, 11) is 0. The molecular formula is C64H62N8O2. The SMILES string of the molecule is CC(C)(C)c1cc(Oc2ccnc(-c3cc(Oc4cc(-[n+]5[c-]n(-c6ccc(N7CCCC7)cc6)c6ccccc65)cc(C(C)(C)C)c4)ccn3)c2)cc(-[n+]2[c-]n(-c3ccc(N4CCCC4)cc3)c3ccccc32)c1. The molecule has 6 aromatic carbocycles. The van der Waals surface area contributed by atoms with Crippen LogP contribution in [0, 0.1) is 12.7 Å². The van der Waals surface area contributed by atoms with Crippen LogP contribution >= 0.6 is 0 Å². The number of rotatable bonds is 11. The van der Waals surface area contributed by atoms with Gasteiger partial charge in [-0.3, -0.25) is 28.2 Å². The Bertz CT molecular complexity index is 3420. The molecule has 0 radical (unpaired) electrons. The van der Waals surface area contributed by atoms with E-state index < -0.39 is 0 Å². The van der Waals surface area contributed by atoms with Gasteiger partial charge in [-0.05, 0) is 145 Å². The third kappa shape index (κ3) is 9.36. The van der Waals surface area contributed by atoms with Crippen molar-refractivity contribution >= 4 is 33.4 Å². The van der Waals surface area contributed by atoms with Crippen LogP contribution in [-0.2, 0) is 10.8 Å². The van der Waals surface area contributed by atoms with Crippen LogP contribution in [0.4, 0.5) is 11.4 Å². The summed E-state index contributed by atoms with van der Waals surface area (Å²) in [5.41, 5.74) is 14.1. The largest absolute Gasteiger partial charge is 0.458 e. The zero-order valence-corrected chi connectivity index (χ0v) is 43.2. The molecule has 0 spiro atoms. The van der Waals surface area contributed by atoms with Crippen molar-refractivity contribution in [3.8, 4) is 57.1 Å². The molecule has 2 fully saturated rings. The maximum absolute atomic E-state index is 6.77. The van der Waals surface area contributed by atoms with Gasteiger partial charge in [-0.2, -0.15) is 0 Å². The molecule has 0 unspecified atom stereocenters. The van der Waals surface area contributed by atoms with Gasteiger partial charge in [-0.15, -0.1) is 0 Å². The highest BCUT2D eigenvalue weighted by Gasteiger charge is 2.23. The van der Waals surface area contributed by atoms with E-state index in [1.54, 1.807) is 12.4 Å². The molecule has 10 heteroatoms. The number of hydrogen-bond acceptors (Lipinski definition) is 6. The standard InChI is InChI=1S/C64H62N8O2/c1-63(2,3)45-35-51(71-43-69(59-15-7-9-17-61(59)71)49-23-19-47(20-24-49)67-31-11-12-32-67)39-55(37-45)73-53-27-29-65-57(41-53)58-42-54(28-30-66-58)74-56-38-46(64(4,5)6)36-52(40-56)72-44-70(60-16-8-10-18-62(60)72)50-25-21-48(22-26-50)68-33-13-14-34-68/h7-10,15-30,35-42H,11-14,31-34H2,1-6H3. The predicted molar refractivity (Wildman–Crippen MR) is 295 cm³/mol. The smallest absolute Gasteiger partial charge is 0.269 e. The molecule has 10 aromatic rings. The Kier molecular flexibility index (Phi) is 12.0. The number of aromatic nitrogens is 6. The van der Waals surface area contributed by atoms with Crippen molar-refractivity contribution in [3.05, 3.63) is 194 Å². The lowest BCUT2D eigenvalue weighted by Crippen LogP contribution is -2.30. The summed E-state index contributed by atoms with van der Waals surface area (Å²) in [6.45, 7) is 17.8. The Labute approximate surface area is 434 Å². The third-order valence-electron chi connectivity index (χ3n) is 14.5. The fourth-order valence-corrected chi connectivity index (χ4v) is 10.4. The number of ether oxygens (including phenoxy) is 2. The van der Waals surface area contributed by atoms with Crippen LogP contribution in [0.3, 0.4) is 0 Å². The Morgan fingerprint density at radius 2 is 0.797 bits per heavy atom. The zero-order valence-electron chi connectivity index (χ0n) is 43.2. The zero-order chi connectivity index (χ0) is 50.6. The molecule has 10 nitrogen and oxygen atoms in total. The van der Waals surface area contributed by atoms with Crippen molar-refractivity contribution in [1.82, 2.24) is 19.1 Å². The fraction of sp³-hybridized carbons (Fsp3) is 0.250. The normalized spacial score (nSPS) is 14.1. The van der Waals surface area contributed by atoms with Gasteiger partial charge in [0.05, 0.1) is 56.2 Å². The molecular weight excluding hydrogens is 913 g/mol. The lowest BCUT2D eigenvalue weighted by Gasteiger charge is -2.22. The molecule has 0 N–H and O–H groups in total. The van der Waals surface area contributed by atoms with Crippen LogP contribution in [0.25, 0.3) is 56.2 Å². The highest BCUT2D eigenvalue weighted by molar-refractivity contribution is 5.76. The van der Waals surface area contributed by atoms with Crippen LogP contribution in [0.1, 0.15) is 78.4 Å². The minimum atomic E-state index is -0.158. The first kappa shape index (κ1) is 46.8. The fourth-order valence-electron chi connectivity index (χ4n) is 10.4. The summed E-state index contributed by atoms with van der Waals surface area (Å²) in [6, 6.07) is 55.3. The van der Waals surface area contributed by atoms with Crippen LogP contribution < -0.4 is 28.4 Å². The molecule has 4 aromatic heterocycles. The number of anilines is 2. The van der Waals surface area contributed by atoms with Crippen LogP contribution in [0.15, 0.2) is 170 Å². The molecule has 2 saturated heterocycles. The van der Waals surface area contributed by atoms with Gasteiger partial charge in [0.1, 0.15) is 23.0 Å². The number of imidazole rings is 2. The maximum Gasteiger partial charge on any atom is 0.269 e. The van der Waals surface area contributed by atoms with Gasteiger partial charge >= 0.3 is 0 Å². The second-order valence-electron chi connectivity index (χ2n) is 21.8. The lowest BCUT2D eigenvalue weighted by molar-refractivity contribution is -0.572. The lowest BCUT2D eigenvalue weighted by atomic mass is 9.86. The number of para-hydroxylation sites is 4. The van der Waals surface area contributed by atoms with Crippen molar-refractivity contribution in [2.75, 3.05) is 36.0 Å². The molecule has 370 valence electrons. The van der Waals surface area contributed by atoms with Gasteiger partial charge < -0.3 is 19.3 Å². The average molecular weight is 975 g/mol. The van der Waals surface area contributed by atoms with Gasteiger partial charge in [0.2, 0.25) is 0 Å². The van der Waals surface area contributed by atoms with E-state index in [1.807, 2.05) is 24.3 Å².